The molecule has 84 valence electrons. The lowest BCUT2D eigenvalue weighted by atomic mass is 10.1. The topological polar surface area (TPSA) is 68.4 Å². The molecule has 1 unspecified atom stereocenters. The Labute approximate surface area is 90.1 Å². The van der Waals surface area contributed by atoms with E-state index in [1.165, 1.54) is 0 Å². The Balaban J connectivity index is 2.34. The summed E-state index contributed by atoms with van der Waals surface area (Å²) in [7, 11) is 0. The van der Waals surface area contributed by atoms with Gasteiger partial charge in [-0.05, 0) is 37.5 Å². The molecule has 1 heterocycles. The number of nitrogens with zero attached hydrogens (tertiary/aromatic N) is 1. The van der Waals surface area contributed by atoms with Gasteiger partial charge in [0.15, 0.2) is 0 Å². The van der Waals surface area contributed by atoms with Crippen molar-refractivity contribution in [3.05, 3.63) is 23.9 Å². The zero-order chi connectivity index (χ0) is 11.1. The molecule has 0 aliphatic heterocycles. The van der Waals surface area contributed by atoms with Crippen molar-refractivity contribution in [2.45, 2.75) is 25.9 Å². The minimum absolute atomic E-state index is 0.377. The summed E-state index contributed by atoms with van der Waals surface area (Å²) in [4.78, 5) is 3.89. The monoisotopic (exact) mass is 210 g/mol. The Morgan fingerprint density at radius 3 is 3.07 bits per heavy atom. The van der Waals surface area contributed by atoms with Crippen LogP contribution in [0.15, 0.2) is 18.3 Å². The summed E-state index contributed by atoms with van der Waals surface area (Å²) in [5.74, 6) is 0.490. The first kappa shape index (κ1) is 11.9. The number of nitrogens with two attached hydrogens (primary N) is 1. The number of pyridine rings is 1. The molecular formula is C11H18N2O2. The second kappa shape index (κ2) is 6.37. The molecule has 15 heavy (non-hydrogen) atoms. The highest BCUT2D eigenvalue weighted by Gasteiger charge is 2.05. The first-order valence-corrected chi connectivity index (χ1v) is 5.18. The van der Waals surface area contributed by atoms with Crippen LogP contribution in [0, 0.1) is 0 Å². The molecule has 1 aromatic rings. The molecule has 0 aromatic carbocycles. The predicted molar refractivity (Wildman–Crippen MR) is 59.5 cm³/mol. The van der Waals surface area contributed by atoms with Gasteiger partial charge in [0.25, 0.3) is 0 Å². The first-order chi connectivity index (χ1) is 7.22. The molecule has 0 fully saturated rings. The third-order valence-electron chi connectivity index (χ3n) is 2.12. The molecule has 4 heteroatoms. The summed E-state index contributed by atoms with van der Waals surface area (Å²) in [5, 5.41) is 9.68. The maximum absolute atomic E-state index is 9.68. The van der Waals surface area contributed by atoms with E-state index in [4.69, 9.17) is 10.5 Å². The average molecular weight is 210 g/mol. The Bertz CT molecular complexity index is 292. The quantitative estimate of drug-likeness (QED) is 0.687. The SMILES string of the molecule is CCOCCC(O)Cc1ccnc(N)c1. The van der Waals surface area contributed by atoms with Crippen LogP contribution < -0.4 is 5.73 Å². The van der Waals surface area contributed by atoms with Gasteiger partial charge in [0.05, 0.1) is 6.10 Å². The van der Waals surface area contributed by atoms with Gasteiger partial charge in [-0.25, -0.2) is 4.98 Å². The highest BCUT2D eigenvalue weighted by atomic mass is 16.5. The summed E-state index contributed by atoms with van der Waals surface area (Å²) in [6, 6.07) is 3.64. The van der Waals surface area contributed by atoms with E-state index < -0.39 is 0 Å². The van der Waals surface area contributed by atoms with Gasteiger partial charge in [-0.15, -0.1) is 0 Å². The van der Waals surface area contributed by atoms with Crippen molar-refractivity contribution in [1.29, 1.82) is 0 Å². The summed E-state index contributed by atoms with van der Waals surface area (Å²) in [6.45, 7) is 3.23. The fourth-order valence-electron chi connectivity index (χ4n) is 1.36. The van der Waals surface area contributed by atoms with Crippen molar-refractivity contribution in [2.24, 2.45) is 0 Å². The van der Waals surface area contributed by atoms with Crippen LogP contribution in [0.4, 0.5) is 5.82 Å². The van der Waals surface area contributed by atoms with Gasteiger partial charge < -0.3 is 15.6 Å². The number of rotatable bonds is 6. The number of aromatic nitrogens is 1. The van der Waals surface area contributed by atoms with E-state index in [0.717, 1.165) is 5.56 Å². The molecule has 1 aromatic heterocycles. The van der Waals surface area contributed by atoms with Crippen molar-refractivity contribution in [3.63, 3.8) is 0 Å². The number of hydrogen-bond acceptors (Lipinski definition) is 4. The number of aliphatic hydroxyl groups excluding tert-OH is 1. The molecule has 1 atom stereocenters. The van der Waals surface area contributed by atoms with E-state index in [-0.39, 0.29) is 6.10 Å². The predicted octanol–water partition coefficient (Wildman–Crippen LogP) is 0.994. The van der Waals surface area contributed by atoms with E-state index in [1.807, 2.05) is 13.0 Å². The van der Waals surface area contributed by atoms with Crippen molar-refractivity contribution in [3.8, 4) is 0 Å². The standard InChI is InChI=1S/C11H18N2O2/c1-2-15-6-4-10(14)7-9-3-5-13-11(12)8-9/h3,5,8,10,14H,2,4,6-7H2,1H3,(H2,12,13). The maximum atomic E-state index is 9.68. The van der Waals surface area contributed by atoms with Gasteiger partial charge in [-0.3, -0.25) is 0 Å². The molecule has 0 aliphatic rings. The first-order valence-electron chi connectivity index (χ1n) is 5.18. The van der Waals surface area contributed by atoms with Crippen LogP contribution in [0.1, 0.15) is 18.9 Å². The lowest BCUT2D eigenvalue weighted by Gasteiger charge is -2.10. The van der Waals surface area contributed by atoms with Crippen LogP contribution in [-0.2, 0) is 11.2 Å². The molecule has 1 rings (SSSR count). The van der Waals surface area contributed by atoms with Crippen LogP contribution in [0.25, 0.3) is 0 Å². The summed E-state index contributed by atoms with van der Waals surface area (Å²) in [5.41, 5.74) is 6.54. The van der Waals surface area contributed by atoms with Crippen LogP contribution in [0.5, 0.6) is 0 Å². The van der Waals surface area contributed by atoms with Gasteiger partial charge in [-0.2, -0.15) is 0 Å². The molecule has 0 aliphatic carbocycles. The van der Waals surface area contributed by atoms with Crippen molar-refractivity contribution >= 4 is 5.82 Å². The van der Waals surface area contributed by atoms with Crippen molar-refractivity contribution in [1.82, 2.24) is 4.98 Å². The third kappa shape index (κ3) is 4.76. The Morgan fingerprint density at radius 1 is 1.60 bits per heavy atom. The molecular weight excluding hydrogens is 192 g/mol. The second-order valence-electron chi connectivity index (χ2n) is 3.43. The third-order valence-corrected chi connectivity index (χ3v) is 2.12. The number of aliphatic hydroxyl groups is 1. The van der Waals surface area contributed by atoms with Gasteiger partial charge >= 0.3 is 0 Å². The highest BCUT2D eigenvalue weighted by Crippen LogP contribution is 2.08. The minimum Gasteiger partial charge on any atom is -0.393 e. The summed E-state index contributed by atoms with van der Waals surface area (Å²) >= 11 is 0. The van der Waals surface area contributed by atoms with E-state index in [0.29, 0.717) is 31.9 Å². The van der Waals surface area contributed by atoms with Crippen LogP contribution >= 0.6 is 0 Å². The van der Waals surface area contributed by atoms with Gasteiger partial charge in [-0.1, -0.05) is 0 Å². The lowest BCUT2D eigenvalue weighted by molar-refractivity contribution is 0.0887. The molecule has 3 N–H and O–H groups in total. The molecule has 0 spiro atoms. The molecule has 0 radical (unpaired) electrons. The van der Waals surface area contributed by atoms with E-state index >= 15 is 0 Å². The zero-order valence-electron chi connectivity index (χ0n) is 9.02. The van der Waals surface area contributed by atoms with Gasteiger partial charge in [0.1, 0.15) is 5.82 Å². The molecule has 0 saturated carbocycles. The lowest BCUT2D eigenvalue weighted by Crippen LogP contribution is -2.13. The Hall–Kier alpha value is -1.13. The van der Waals surface area contributed by atoms with E-state index in [9.17, 15) is 5.11 Å². The smallest absolute Gasteiger partial charge is 0.123 e. The van der Waals surface area contributed by atoms with Gasteiger partial charge in [0.2, 0.25) is 0 Å². The number of nitrogen functional groups attached to an aromatic ring is 1. The average Bonchev–Trinajstić information content (AvgIpc) is 2.18. The Kier molecular flexibility index (Phi) is 5.07. The molecule has 0 saturated heterocycles. The summed E-state index contributed by atoms with van der Waals surface area (Å²) in [6.07, 6.45) is 2.52. The highest BCUT2D eigenvalue weighted by molar-refractivity contribution is 5.31. The number of anilines is 1. The van der Waals surface area contributed by atoms with E-state index in [1.54, 1.807) is 12.3 Å². The molecule has 0 bridgehead atoms. The minimum atomic E-state index is -0.377. The number of hydrogen-bond donors (Lipinski definition) is 2. The molecule has 4 nitrogen and oxygen atoms in total. The Morgan fingerprint density at radius 2 is 2.40 bits per heavy atom. The van der Waals surface area contributed by atoms with Gasteiger partial charge in [0, 0.05) is 19.4 Å². The van der Waals surface area contributed by atoms with Crippen LogP contribution in [0.3, 0.4) is 0 Å². The van der Waals surface area contributed by atoms with Crippen molar-refractivity contribution < 1.29 is 9.84 Å². The van der Waals surface area contributed by atoms with Crippen molar-refractivity contribution in [2.75, 3.05) is 18.9 Å². The fraction of sp³-hybridized carbons (Fsp3) is 0.545. The zero-order valence-corrected chi connectivity index (χ0v) is 9.02. The fourth-order valence-corrected chi connectivity index (χ4v) is 1.36. The molecule has 0 amide bonds. The summed E-state index contributed by atoms with van der Waals surface area (Å²) < 4.78 is 5.17. The largest absolute Gasteiger partial charge is 0.393 e. The van der Waals surface area contributed by atoms with E-state index in [2.05, 4.69) is 4.98 Å². The number of ether oxygens (including phenoxy) is 1. The van der Waals surface area contributed by atoms with Crippen LogP contribution in [-0.4, -0.2) is 29.4 Å². The maximum Gasteiger partial charge on any atom is 0.123 e. The normalized spacial score (nSPS) is 12.7. The second-order valence-corrected chi connectivity index (χ2v) is 3.43. The van der Waals surface area contributed by atoms with Crippen LogP contribution in [0.2, 0.25) is 0 Å².